The van der Waals surface area contributed by atoms with Crippen molar-refractivity contribution in [2.24, 2.45) is 0 Å². The highest BCUT2D eigenvalue weighted by Gasteiger charge is 2.20. The molecule has 2 aromatic heterocycles. The van der Waals surface area contributed by atoms with Gasteiger partial charge >= 0.3 is 0 Å². The number of ether oxygens (including phenoxy) is 1. The van der Waals surface area contributed by atoms with Gasteiger partial charge in [-0.05, 0) is 43.3 Å². The lowest BCUT2D eigenvalue weighted by atomic mass is 10.1. The third kappa shape index (κ3) is 4.14. The zero-order chi connectivity index (χ0) is 22.0. The standard InChI is InChI=1S/C21H17N5O4S/c1-13-19(14-3-6-16(30-2)7-4-14)23-21(31-13)24-20(27)15-5-8-17(18(11-15)26(28)29)25-10-9-22-12-25/h3-12H,1-2H3,(H,23,24,27). The lowest BCUT2D eigenvalue weighted by Crippen LogP contribution is -2.12. The second-order valence-electron chi connectivity index (χ2n) is 6.54. The Morgan fingerprint density at radius 1 is 1.23 bits per heavy atom. The van der Waals surface area contributed by atoms with E-state index in [9.17, 15) is 14.9 Å². The monoisotopic (exact) mass is 435 g/mol. The quantitative estimate of drug-likeness (QED) is 0.353. The van der Waals surface area contributed by atoms with Crippen LogP contribution in [-0.2, 0) is 0 Å². The smallest absolute Gasteiger partial charge is 0.294 e. The van der Waals surface area contributed by atoms with Crippen LogP contribution < -0.4 is 10.1 Å². The van der Waals surface area contributed by atoms with Gasteiger partial charge in [-0.15, -0.1) is 11.3 Å². The van der Waals surface area contributed by atoms with Crippen LogP contribution in [0.1, 0.15) is 15.2 Å². The van der Waals surface area contributed by atoms with Gasteiger partial charge in [-0.25, -0.2) is 9.97 Å². The molecule has 0 unspecified atom stereocenters. The summed E-state index contributed by atoms with van der Waals surface area (Å²) >= 11 is 1.33. The summed E-state index contributed by atoms with van der Waals surface area (Å²) in [4.78, 5) is 33.1. The topological polar surface area (TPSA) is 112 Å². The molecule has 1 amide bonds. The molecule has 0 aliphatic carbocycles. The van der Waals surface area contributed by atoms with E-state index >= 15 is 0 Å². The van der Waals surface area contributed by atoms with Crippen LogP contribution in [0, 0.1) is 17.0 Å². The first-order chi connectivity index (χ1) is 15.0. The molecule has 1 N–H and O–H groups in total. The van der Waals surface area contributed by atoms with E-state index < -0.39 is 10.8 Å². The molecule has 0 fully saturated rings. The Bertz CT molecular complexity index is 1250. The number of benzene rings is 2. The molecule has 10 heteroatoms. The molecular weight excluding hydrogens is 418 g/mol. The molecule has 0 saturated carbocycles. The first kappa shape index (κ1) is 20.2. The van der Waals surface area contributed by atoms with Crippen molar-refractivity contribution in [1.82, 2.24) is 14.5 Å². The van der Waals surface area contributed by atoms with Crippen LogP contribution in [0.4, 0.5) is 10.8 Å². The van der Waals surface area contributed by atoms with Crippen molar-refractivity contribution in [2.75, 3.05) is 12.4 Å². The largest absolute Gasteiger partial charge is 0.497 e. The Balaban J connectivity index is 1.58. The van der Waals surface area contributed by atoms with Crippen LogP contribution in [-0.4, -0.2) is 32.5 Å². The van der Waals surface area contributed by atoms with E-state index in [1.807, 2.05) is 31.2 Å². The number of nitro benzene ring substituents is 1. The number of imidazole rings is 1. The Morgan fingerprint density at radius 3 is 2.65 bits per heavy atom. The third-order valence-electron chi connectivity index (χ3n) is 4.60. The first-order valence-corrected chi connectivity index (χ1v) is 9.98. The van der Waals surface area contributed by atoms with E-state index in [0.717, 1.165) is 21.9 Å². The number of rotatable bonds is 6. The van der Waals surface area contributed by atoms with Gasteiger partial charge in [0.25, 0.3) is 11.6 Å². The second-order valence-corrected chi connectivity index (χ2v) is 7.74. The van der Waals surface area contributed by atoms with Crippen molar-refractivity contribution in [1.29, 1.82) is 0 Å². The van der Waals surface area contributed by atoms with E-state index in [-0.39, 0.29) is 11.3 Å². The third-order valence-corrected chi connectivity index (χ3v) is 5.48. The van der Waals surface area contributed by atoms with E-state index in [2.05, 4.69) is 15.3 Å². The number of nitrogens with zero attached hydrogens (tertiary/aromatic N) is 4. The fourth-order valence-corrected chi connectivity index (χ4v) is 3.90. The lowest BCUT2D eigenvalue weighted by molar-refractivity contribution is -0.384. The number of carbonyl (C=O) groups is 1. The van der Waals surface area contributed by atoms with Gasteiger partial charge in [-0.1, -0.05) is 0 Å². The molecule has 0 bridgehead atoms. The minimum Gasteiger partial charge on any atom is -0.497 e. The van der Waals surface area contributed by atoms with Gasteiger partial charge in [-0.3, -0.25) is 20.2 Å². The maximum Gasteiger partial charge on any atom is 0.294 e. The molecule has 31 heavy (non-hydrogen) atoms. The first-order valence-electron chi connectivity index (χ1n) is 9.16. The molecule has 0 spiro atoms. The Kier molecular flexibility index (Phi) is 5.46. The van der Waals surface area contributed by atoms with Gasteiger partial charge in [0.05, 0.1) is 24.1 Å². The Morgan fingerprint density at radius 2 is 2.00 bits per heavy atom. The highest BCUT2D eigenvalue weighted by molar-refractivity contribution is 7.16. The van der Waals surface area contributed by atoms with Crippen LogP contribution in [0.3, 0.4) is 0 Å². The number of anilines is 1. The average molecular weight is 435 g/mol. The number of hydrogen-bond acceptors (Lipinski definition) is 7. The van der Waals surface area contributed by atoms with E-state index in [4.69, 9.17) is 4.74 Å². The zero-order valence-corrected chi connectivity index (χ0v) is 17.4. The molecule has 4 aromatic rings. The number of thiazole rings is 1. The molecule has 0 aliphatic heterocycles. The van der Waals surface area contributed by atoms with Crippen LogP contribution in [0.5, 0.6) is 5.75 Å². The molecule has 0 atom stereocenters. The zero-order valence-electron chi connectivity index (χ0n) is 16.6. The van der Waals surface area contributed by atoms with Crippen LogP contribution in [0.25, 0.3) is 16.9 Å². The van der Waals surface area contributed by atoms with Gasteiger partial charge in [0.1, 0.15) is 11.4 Å². The minimum absolute atomic E-state index is 0.161. The highest BCUT2D eigenvalue weighted by atomic mass is 32.1. The molecule has 2 aromatic carbocycles. The summed E-state index contributed by atoms with van der Waals surface area (Å²) in [7, 11) is 1.60. The van der Waals surface area contributed by atoms with Crippen LogP contribution >= 0.6 is 11.3 Å². The maximum atomic E-state index is 12.7. The summed E-state index contributed by atoms with van der Waals surface area (Å²) in [6.45, 7) is 1.91. The van der Waals surface area contributed by atoms with Crippen molar-refractivity contribution in [3.05, 3.63) is 81.7 Å². The van der Waals surface area contributed by atoms with Crippen molar-refractivity contribution in [2.45, 2.75) is 6.92 Å². The number of nitro groups is 1. The van der Waals surface area contributed by atoms with Crippen molar-refractivity contribution < 1.29 is 14.5 Å². The summed E-state index contributed by atoms with van der Waals surface area (Å²) in [5.41, 5.74) is 1.94. The van der Waals surface area contributed by atoms with Gasteiger partial charge in [0.15, 0.2) is 5.13 Å². The summed E-state index contributed by atoms with van der Waals surface area (Å²) in [6.07, 6.45) is 4.58. The lowest BCUT2D eigenvalue weighted by Gasteiger charge is -2.06. The Hall–Kier alpha value is -4.05. The number of hydrogen-bond donors (Lipinski definition) is 1. The van der Waals surface area contributed by atoms with Crippen molar-refractivity contribution >= 4 is 28.1 Å². The predicted molar refractivity (Wildman–Crippen MR) is 117 cm³/mol. The van der Waals surface area contributed by atoms with Crippen molar-refractivity contribution in [3.8, 4) is 22.7 Å². The number of amides is 1. The average Bonchev–Trinajstić information content (AvgIpc) is 3.43. The SMILES string of the molecule is COc1ccc(-c2nc(NC(=O)c3ccc(-n4ccnc4)c([N+](=O)[O-])c3)sc2C)cc1. The van der Waals surface area contributed by atoms with Gasteiger partial charge in [0.2, 0.25) is 0 Å². The summed E-state index contributed by atoms with van der Waals surface area (Å²) < 4.78 is 6.69. The number of methoxy groups -OCH3 is 1. The molecule has 0 radical (unpaired) electrons. The van der Waals surface area contributed by atoms with E-state index in [1.165, 1.54) is 46.6 Å². The minimum atomic E-state index is -0.526. The molecular formula is C21H17N5O4S. The molecule has 4 rings (SSSR count). The maximum absolute atomic E-state index is 12.7. The van der Waals surface area contributed by atoms with Gasteiger partial charge < -0.3 is 9.30 Å². The highest BCUT2D eigenvalue weighted by Crippen LogP contribution is 2.32. The van der Waals surface area contributed by atoms with Crippen LogP contribution in [0.15, 0.2) is 61.2 Å². The molecule has 0 aliphatic rings. The Labute approximate surface area is 181 Å². The van der Waals surface area contributed by atoms with E-state index in [1.54, 1.807) is 13.3 Å². The molecule has 9 nitrogen and oxygen atoms in total. The fourth-order valence-electron chi connectivity index (χ4n) is 3.07. The summed E-state index contributed by atoms with van der Waals surface area (Å²) in [5, 5.41) is 14.7. The number of nitrogens with one attached hydrogen (secondary N) is 1. The predicted octanol–water partition coefficient (Wildman–Crippen LogP) is 4.47. The van der Waals surface area contributed by atoms with Crippen molar-refractivity contribution in [3.63, 3.8) is 0 Å². The van der Waals surface area contributed by atoms with Crippen LogP contribution in [0.2, 0.25) is 0 Å². The normalized spacial score (nSPS) is 10.6. The second kappa shape index (κ2) is 8.36. The summed E-state index contributed by atoms with van der Waals surface area (Å²) in [6, 6.07) is 11.8. The van der Waals surface area contributed by atoms with Gasteiger partial charge in [0, 0.05) is 34.5 Å². The molecule has 156 valence electrons. The fraction of sp³-hybridized carbons (Fsp3) is 0.0952. The van der Waals surface area contributed by atoms with E-state index in [0.29, 0.717) is 10.8 Å². The molecule has 2 heterocycles. The number of aromatic nitrogens is 3. The summed E-state index contributed by atoms with van der Waals surface area (Å²) in [5.74, 6) is 0.265. The number of aryl methyl sites for hydroxylation is 1. The number of carbonyl (C=O) groups excluding carboxylic acids is 1. The molecule has 0 saturated heterocycles. The van der Waals surface area contributed by atoms with Gasteiger partial charge in [-0.2, -0.15) is 0 Å².